The molecule has 1 saturated heterocycles. The van der Waals surface area contributed by atoms with E-state index in [1.807, 2.05) is 6.07 Å². The summed E-state index contributed by atoms with van der Waals surface area (Å²) in [4.78, 5) is 22.7. The van der Waals surface area contributed by atoms with Gasteiger partial charge in [0.1, 0.15) is 11.6 Å². The molecule has 0 saturated carbocycles. The second-order valence-corrected chi connectivity index (χ2v) is 4.94. The van der Waals surface area contributed by atoms with Crippen LogP contribution in [0.25, 0.3) is 0 Å². The lowest BCUT2D eigenvalue weighted by Crippen LogP contribution is -2.31. The van der Waals surface area contributed by atoms with Crippen molar-refractivity contribution in [1.29, 1.82) is 0 Å². The molecule has 0 spiro atoms. The van der Waals surface area contributed by atoms with E-state index in [1.54, 1.807) is 6.20 Å². The molecule has 1 N–H and O–H groups in total. The van der Waals surface area contributed by atoms with Gasteiger partial charge in [-0.1, -0.05) is 5.16 Å². The highest BCUT2D eigenvalue weighted by atomic mass is 16.5. The summed E-state index contributed by atoms with van der Waals surface area (Å²) in [5, 5.41) is 6.22. The Morgan fingerprint density at radius 2 is 2.10 bits per heavy atom. The fraction of sp³-hybridized carbons (Fsp3) is 0.429. The number of anilines is 1. The highest BCUT2D eigenvalue weighted by Crippen LogP contribution is 2.16. The predicted molar refractivity (Wildman–Crippen MR) is 75.8 cm³/mol. The second-order valence-electron chi connectivity index (χ2n) is 4.94. The molecule has 1 fully saturated rings. The number of nitrogens with zero attached hydrogens (tertiary/aromatic N) is 4. The second kappa shape index (κ2) is 6.34. The van der Waals surface area contributed by atoms with E-state index < -0.39 is 0 Å². The number of piperidine rings is 1. The molecule has 0 atom stereocenters. The van der Waals surface area contributed by atoms with Gasteiger partial charge in [-0.05, 0) is 25.3 Å². The molecule has 7 heteroatoms. The van der Waals surface area contributed by atoms with Crippen molar-refractivity contribution in [3.63, 3.8) is 0 Å². The summed E-state index contributed by atoms with van der Waals surface area (Å²) in [6.45, 7) is 2.32. The van der Waals surface area contributed by atoms with E-state index >= 15 is 0 Å². The lowest BCUT2D eigenvalue weighted by molar-refractivity contribution is 0.0913. The molecule has 2 aromatic rings. The van der Waals surface area contributed by atoms with Gasteiger partial charge >= 0.3 is 0 Å². The van der Waals surface area contributed by atoms with Crippen LogP contribution in [0.15, 0.2) is 29.0 Å². The van der Waals surface area contributed by atoms with Gasteiger partial charge in [-0.15, -0.1) is 0 Å². The molecule has 0 aliphatic carbocycles. The first-order valence-electron chi connectivity index (χ1n) is 7.09. The summed E-state index contributed by atoms with van der Waals surface area (Å²) in [5.41, 5.74) is 0. The van der Waals surface area contributed by atoms with Crippen LogP contribution >= 0.6 is 0 Å². The molecule has 110 valence electrons. The zero-order chi connectivity index (χ0) is 14.5. The molecule has 7 nitrogen and oxygen atoms in total. The topological polar surface area (TPSA) is 84.2 Å². The van der Waals surface area contributed by atoms with Gasteiger partial charge in [0.15, 0.2) is 0 Å². The van der Waals surface area contributed by atoms with E-state index in [4.69, 9.17) is 4.52 Å². The summed E-state index contributed by atoms with van der Waals surface area (Å²) in [6.07, 6.45) is 6.83. The maximum absolute atomic E-state index is 11.8. The Balaban J connectivity index is 1.62. The van der Waals surface area contributed by atoms with Crippen molar-refractivity contribution in [1.82, 2.24) is 20.4 Å². The number of carbonyl (C=O) groups is 1. The lowest BCUT2D eigenvalue weighted by Gasteiger charge is -2.27. The van der Waals surface area contributed by atoms with Gasteiger partial charge in [-0.25, -0.2) is 9.97 Å². The van der Waals surface area contributed by atoms with Crippen molar-refractivity contribution in [2.45, 2.75) is 25.8 Å². The minimum Gasteiger partial charge on any atom is -0.357 e. The Labute approximate surface area is 122 Å². The van der Waals surface area contributed by atoms with Crippen LogP contribution in [0.4, 0.5) is 5.82 Å². The molecule has 1 amide bonds. The number of rotatable bonds is 4. The normalized spacial score (nSPS) is 15.0. The molecule has 0 aromatic carbocycles. The molecular weight excluding hydrogens is 270 g/mol. The third-order valence-electron chi connectivity index (χ3n) is 3.44. The first-order chi connectivity index (χ1) is 10.3. The monoisotopic (exact) mass is 287 g/mol. The number of hydrogen-bond acceptors (Lipinski definition) is 6. The van der Waals surface area contributed by atoms with Crippen LogP contribution in [0.5, 0.6) is 0 Å². The number of nitrogens with one attached hydrogen (secondary N) is 1. The first-order valence-corrected chi connectivity index (χ1v) is 7.09. The van der Waals surface area contributed by atoms with Crippen molar-refractivity contribution in [3.8, 4) is 0 Å². The maximum atomic E-state index is 11.8. The summed E-state index contributed by atoms with van der Waals surface area (Å²) >= 11 is 0. The van der Waals surface area contributed by atoms with E-state index in [0.29, 0.717) is 5.82 Å². The first kappa shape index (κ1) is 13.5. The molecule has 2 aromatic heterocycles. The smallest absolute Gasteiger partial charge is 0.290 e. The summed E-state index contributed by atoms with van der Waals surface area (Å²) < 4.78 is 4.79. The van der Waals surface area contributed by atoms with Crippen LogP contribution < -0.4 is 10.2 Å². The van der Waals surface area contributed by atoms with Crippen LogP contribution in [0, 0.1) is 0 Å². The fourth-order valence-corrected chi connectivity index (χ4v) is 2.35. The molecule has 0 bridgehead atoms. The Morgan fingerprint density at radius 3 is 2.86 bits per heavy atom. The van der Waals surface area contributed by atoms with E-state index in [0.717, 1.165) is 18.9 Å². The highest BCUT2D eigenvalue weighted by molar-refractivity contribution is 5.91. The van der Waals surface area contributed by atoms with Gasteiger partial charge in [-0.3, -0.25) is 4.79 Å². The van der Waals surface area contributed by atoms with Crippen molar-refractivity contribution in [3.05, 3.63) is 36.1 Å². The van der Waals surface area contributed by atoms with Gasteiger partial charge in [0.2, 0.25) is 5.76 Å². The zero-order valence-corrected chi connectivity index (χ0v) is 11.7. The average molecular weight is 287 g/mol. The molecule has 0 unspecified atom stereocenters. The minimum absolute atomic E-state index is 0.183. The van der Waals surface area contributed by atoms with Crippen molar-refractivity contribution in [2.24, 2.45) is 0 Å². The van der Waals surface area contributed by atoms with Gasteiger partial charge in [-0.2, -0.15) is 0 Å². The van der Waals surface area contributed by atoms with E-state index in [-0.39, 0.29) is 18.2 Å². The van der Waals surface area contributed by atoms with Crippen LogP contribution in [0.2, 0.25) is 0 Å². The number of aromatic nitrogens is 3. The van der Waals surface area contributed by atoms with Crippen LogP contribution in [-0.2, 0) is 6.54 Å². The van der Waals surface area contributed by atoms with Gasteiger partial charge < -0.3 is 14.7 Å². The third-order valence-corrected chi connectivity index (χ3v) is 3.44. The quantitative estimate of drug-likeness (QED) is 0.914. The summed E-state index contributed by atoms with van der Waals surface area (Å²) in [7, 11) is 0. The third kappa shape index (κ3) is 3.36. The molecule has 21 heavy (non-hydrogen) atoms. The molecule has 3 heterocycles. The number of amides is 1. The van der Waals surface area contributed by atoms with Crippen molar-refractivity contribution < 1.29 is 9.32 Å². The number of hydrogen-bond donors (Lipinski definition) is 1. The van der Waals surface area contributed by atoms with Gasteiger partial charge in [0.25, 0.3) is 5.91 Å². The standard InChI is InChI=1S/C14H17N5O2/c20-14(11-4-7-17-21-11)16-10-12-15-6-5-13(18-12)19-8-2-1-3-9-19/h4-7H,1-3,8-10H2,(H,16,20). The summed E-state index contributed by atoms with van der Waals surface area (Å²) in [5.74, 6) is 1.38. The molecule has 0 radical (unpaired) electrons. The van der Waals surface area contributed by atoms with E-state index in [9.17, 15) is 4.79 Å². The SMILES string of the molecule is O=C(NCc1nccc(N2CCCCC2)n1)c1ccno1. The van der Waals surface area contributed by atoms with Crippen LogP contribution in [0.3, 0.4) is 0 Å². The Bertz CT molecular complexity index is 593. The molecule has 3 rings (SSSR count). The molecular formula is C14H17N5O2. The Kier molecular flexibility index (Phi) is 4.09. The molecule has 1 aliphatic rings. The predicted octanol–water partition coefficient (Wildman–Crippen LogP) is 1.38. The van der Waals surface area contributed by atoms with Crippen molar-refractivity contribution in [2.75, 3.05) is 18.0 Å². The van der Waals surface area contributed by atoms with Gasteiger partial charge in [0.05, 0.1) is 12.7 Å². The van der Waals surface area contributed by atoms with Gasteiger partial charge in [0, 0.05) is 25.4 Å². The Morgan fingerprint density at radius 1 is 1.24 bits per heavy atom. The van der Waals surface area contributed by atoms with Crippen LogP contribution in [-0.4, -0.2) is 34.1 Å². The lowest BCUT2D eigenvalue weighted by atomic mass is 10.1. The van der Waals surface area contributed by atoms with E-state index in [1.165, 1.54) is 31.5 Å². The Hall–Kier alpha value is -2.44. The van der Waals surface area contributed by atoms with Crippen LogP contribution in [0.1, 0.15) is 35.6 Å². The average Bonchev–Trinajstić information content (AvgIpc) is 3.08. The maximum Gasteiger partial charge on any atom is 0.290 e. The van der Waals surface area contributed by atoms with E-state index in [2.05, 4.69) is 25.3 Å². The highest BCUT2D eigenvalue weighted by Gasteiger charge is 2.14. The van der Waals surface area contributed by atoms with Crippen molar-refractivity contribution >= 4 is 11.7 Å². The fourth-order valence-electron chi connectivity index (χ4n) is 2.35. The largest absolute Gasteiger partial charge is 0.357 e. The summed E-state index contributed by atoms with van der Waals surface area (Å²) in [6, 6.07) is 3.42. The molecule has 1 aliphatic heterocycles. The zero-order valence-electron chi connectivity index (χ0n) is 11.7. The number of carbonyl (C=O) groups excluding carboxylic acids is 1. The minimum atomic E-state index is -0.320.